The van der Waals surface area contributed by atoms with Crippen molar-refractivity contribution in [3.05, 3.63) is 18.2 Å². The number of anilines is 2. The first-order valence-electron chi connectivity index (χ1n) is 7.13. The molecule has 1 aliphatic heterocycles. The van der Waals surface area contributed by atoms with Gasteiger partial charge in [-0.15, -0.1) is 0 Å². The van der Waals surface area contributed by atoms with Crippen LogP contribution in [0.1, 0.15) is 26.7 Å². The number of carboxylic acids is 1. The van der Waals surface area contributed by atoms with Crippen molar-refractivity contribution in [2.75, 3.05) is 17.2 Å². The first kappa shape index (κ1) is 16.6. The highest BCUT2D eigenvalue weighted by Gasteiger charge is 2.22. The molecule has 8 nitrogen and oxygen atoms in total. The predicted molar refractivity (Wildman–Crippen MR) is 83.7 cm³/mol. The van der Waals surface area contributed by atoms with Gasteiger partial charge in [-0.3, -0.25) is 9.59 Å². The zero-order valence-corrected chi connectivity index (χ0v) is 12.9. The molecule has 1 aromatic carbocycles. The fraction of sp³-hybridized carbons (Fsp3) is 0.400. The van der Waals surface area contributed by atoms with Crippen molar-refractivity contribution >= 4 is 29.3 Å². The van der Waals surface area contributed by atoms with Crippen LogP contribution in [0.5, 0.6) is 5.75 Å². The first-order chi connectivity index (χ1) is 10.7. The van der Waals surface area contributed by atoms with Crippen LogP contribution in [0, 0.1) is 0 Å². The molecule has 0 saturated heterocycles. The highest BCUT2D eigenvalue weighted by Crippen LogP contribution is 2.30. The molecular formula is C15H19N3O5. The molecule has 1 aromatic rings. The number of hydrogen-bond donors (Lipinski definition) is 4. The number of aliphatic carboxylic acids is 1. The third-order valence-electron chi connectivity index (χ3n) is 3.29. The van der Waals surface area contributed by atoms with E-state index < -0.39 is 17.5 Å². The van der Waals surface area contributed by atoms with Crippen molar-refractivity contribution < 1.29 is 24.2 Å². The molecule has 3 amide bonds. The molecule has 8 heteroatoms. The van der Waals surface area contributed by atoms with E-state index in [4.69, 9.17) is 9.84 Å². The van der Waals surface area contributed by atoms with Crippen LogP contribution in [0.3, 0.4) is 0 Å². The second-order valence-electron chi connectivity index (χ2n) is 5.90. The third-order valence-corrected chi connectivity index (χ3v) is 3.29. The van der Waals surface area contributed by atoms with Gasteiger partial charge in [0.1, 0.15) is 5.75 Å². The molecule has 2 rings (SSSR count). The molecule has 4 N–H and O–H groups in total. The van der Waals surface area contributed by atoms with E-state index >= 15 is 0 Å². The quantitative estimate of drug-likeness (QED) is 0.659. The Kier molecular flexibility index (Phi) is 4.73. The number of carboxylic acid groups (broad SMARTS) is 1. The summed E-state index contributed by atoms with van der Waals surface area (Å²) in [4.78, 5) is 33.8. The molecule has 0 unspecified atom stereocenters. The highest BCUT2D eigenvalue weighted by molar-refractivity contribution is 5.96. The molecular weight excluding hydrogens is 302 g/mol. The number of benzene rings is 1. The Morgan fingerprint density at radius 1 is 1.39 bits per heavy atom. The SMILES string of the molecule is CC(C)(CCC(=O)O)NC(=O)Nc1ccc2c(c1)OCC(=O)N2. The normalized spacial score (nSPS) is 13.4. The van der Waals surface area contributed by atoms with E-state index in [9.17, 15) is 14.4 Å². The standard InChI is InChI=1S/C15H19N3O5/c1-15(2,6-5-13(20)21)18-14(22)16-9-3-4-10-11(7-9)23-8-12(19)17-10/h3-4,7H,5-6,8H2,1-2H3,(H,17,19)(H,20,21)(H2,16,18,22). The van der Waals surface area contributed by atoms with Crippen LogP contribution in [0.4, 0.5) is 16.2 Å². The molecule has 0 radical (unpaired) electrons. The number of rotatable bonds is 5. The van der Waals surface area contributed by atoms with Gasteiger partial charge in [0.25, 0.3) is 5.91 Å². The molecule has 0 spiro atoms. The summed E-state index contributed by atoms with van der Waals surface area (Å²) in [5.74, 6) is -0.655. The van der Waals surface area contributed by atoms with Gasteiger partial charge in [-0.2, -0.15) is 0 Å². The van der Waals surface area contributed by atoms with Gasteiger partial charge in [-0.25, -0.2) is 4.79 Å². The molecule has 0 saturated carbocycles. The van der Waals surface area contributed by atoms with E-state index in [0.717, 1.165) is 0 Å². The summed E-state index contributed by atoms with van der Waals surface area (Å²) in [7, 11) is 0. The Balaban J connectivity index is 1.95. The Bertz CT molecular complexity index is 642. The molecule has 1 heterocycles. The van der Waals surface area contributed by atoms with Crippen LogP contribution in [-0.4, -0.2) is 35.2 Å². The number of fused-ring (bicyclic) bond motifs is 1. The largest absolute Gasteiger partial charge is 0.482 e. The van der Waals surface area contributed by atoms with E-state index in [2.05, 4.69) is 16.0 Å². The van der Waals surface area contributed by atoms with Gasteiger partial charge in [0.05, 0.1) is 5.69 Å². The molecule has 124 valence electrons. The lowest BCUT2D eigenvalue weighted by molar-refractivity contribution is -0.137. The van der Waals surface area contributed by atoms with Crippen LogP contribution in [-0.2, 0) is 9.59 Å². The van der Waals surface area contributed by atoms with Crippen LogP contribution < -0.4 is 20.7 Å². The minimum atomic E-state index is -0.908. The molecule has 0 aliphatic carbocycles. The Labute approximate surface area is 133 Å². The average molecular weight is 321 g/mol. The highest BCUT2D eigenvalue weighted by atomic mass is 16.5. The summed E-state index contributed by atoms with van der Waals surface area (Å²) in [6.07, 6.45) is 0.286. The summed E-state index contributed by atoms with van der Waals surface area (Å²) in [5, 5.41) is 16.7. The zero-order valence-electron chi connectivity index (χ0n) is 12.9. The van der Waals surface area contributed by atoms with E-state index in [0.29, 0.717) is 23.5 Å². The topological polar surface area (TPSA) is 117 Å². The smallest absolute Gasteiger partial charge is 0.319 e. The molecule has 1 aliphatic rings. The van der Waals surface area contributed by atoms with Gasteiger partial charge >= 0.3 is 12.0 Å². The van der Waals surface area contributed by atoms with Crippen LogP contribution in [0.2, 0.25) is 0 Å². The van der Waals surface area contributed by atoms with Crippen molar-refractivity contribution in [1.82, 2.24) is 5.32 Å². The van der Waals surface area contributed by atoms with E-state index in [1.807, 2.05) is 0 Å². The average Bonchev–Trinajstić information content (AvgIpc) is 2.45. The number of hydrogen-bond acceptors (Lipinski definition) is 4. The van der Waals surface area contributed by atoms with Crippen molar-refractivity contribution in [2.24, 2.45) is 0 Å². The van der Waals surface area contributed by atoms with Crippen LogP contribution in [0.25, 0.3) is 0 Å². The van der Waals surface area contributed by atoms with Crippen molar-refractivity contribution in [3.63, 3.8) is 0 Å². The Morgan fingerprint density at radius 2 is 2.13 bits per heavy atom. The van der Waals surface area contributed by atoms with Crippen molar-refractivity contribution in [3.8, 4) is 5.75 Å². The Hall–Kier alpha value is -2.77. The summed E-state index contributed by atoms with van der Waals surface area (Å²) < 4.78 is 5.27. The number of urea groups is 1. The van der Waals surface area contributed by atoms with Crippen molar-refractivity contribution in [1.29, 1.82) is 0 Å². The number of nitrogens with one attached hydrogen (secondary N) is 3. The summed E-state index contributed by atoms with van der Waals surface area (Å²) >= 11 is 0. The molecule has 0 atom stereocenters. The second kappa shape index (κ2) is 6.55. The van der Waals surface area contributed by atoms with Gasteiger partial charge in [-0.05, 0) is 32.4 Å². The summed E-state index contributed by atoms with van der Waals surface area (Å²) in [6, 6.07) is 4.44. The maximum atomic E-state index is 12.0. The summed E-state index contributed by atoms with van der Waals surface area (Å²) in [5.41, 5.74) is 0.404. The fourth-order valence-corrected chi connectivity index (χ4v) is 2.10. The van der Waals surface area contributed by atoms with E-state index in [1.54, 1.807) is 32.0 Å². The van der Waals surface area contributed by atoms with E-state index in [1.165, 1.54) is 0 Å². The van der Waals surface area contributed by atoms with E-state index in [-0.39, 0.29) is 18.9 Å². The lowest BCUT2D eigenvalue weighted by Gasteiger charge is -2.26. The van der Waals surface area contributed by atoms with Crippen LogP contribution >= 0.6 is 0 Å². The zero-order chi connectivity index (χ0) is 17.0. The lowest BCUT2D eigenvalue weighted by Crippen LogP contribution is -2.45. The fourth-order valence-electron chi connectivity index (χ4n) is 2.10. The molecule has 0 fully saturated rings. The minimum absolute atomic E-state index is 0.0281. The number of carbonyl (C=O) groups is 3. The maximum absolute atomic E-state index is 12.0. The first-order valence-corrected chi connectivity index (χ1v) is 7.13. The van der Waals surface area contributed by atoms with Gasteiger partial charge in [0, 0.05) is 23.7 Å². The molecule has 23 heavy (non-hydrogen) atoms. The monoisotopic (exact) mass is 321 g/mol. The number of carbonyl (C=O) groups excluding carboxylic acids is 2. The van der Waals surface area contributed by atoms with Gasteiger partial charge in [0.15, 0.2) is 6.61 Å². The lowest BCUT2D eigenvalue weighted by atomic mass is 9.99. The number of ether oxygens (including phenoxy) is 1. The number of amides is 3. The molecule has 0 aromatic heterocycles. The van der Waals surface area contributed by atoms with Gasteiger partial charge < -0.3 is 25.8 Å². The van der Waals surface area contributed by atoms with Gasteiger partial charge in [0.2, 0.25) is 0 Å². The summed E-state index contributed by atoms with van der Waals surface area (Å²) in [6.45, 7) is 3.44. The minimum Gasteiger partial charge on any atom is -0.482 e. The second-order valence-corrected chi connectivity index (χ2v) is 5.90. The van der Waals surface area contributed by atoms with Crippen molar-refractivity contribution in [2.45, 2.75) is 32.2 Å². The van der Waals surface area contributed by atoms with Gasteiger partial charge in [-0.1, -0.05) is 0 Å². The maximum Gasteiger partial charge on any atom is 0.319 e. The predicted octanol–water partition coefficient (Wildman–Crippen LogP) is 1.78. The van der Waals surface area contributed by atoms with Crippen LogP contribution in [0.15, 0.2) is 18.2 Å². The molecule has 0 bridgehead atoms. The Morgan fingerprint density at radius 3 is 2.83 bits per heavy atom. The third kappa shape index (κ3) is 4.87.